The first-order valence-electron chi connectivity index (χ1n) is 7.62. The zero-order chi connectivity index (χ0) is 15.8. The molecule has 1 aromatic carbocycles. The molecule has 0 aliphatic carbocycles. The molecule has 22 heavy (non-hydrogen) atoms. The quantitative estimate of drug-likeness (QED) is 0.601. The van der Waals surface area contributed by atoms with Crippen molar-refractivity contribution in [1.29, 1.82) is 0 Å². The summed E-state index contributed by atoms with van der Waals surface area (Å²) in [7, 11) is 0. The summed E-state index contributed by atoms with van der Waals surface area (Å²) in [5, 5.41) is 3.63. The van der Waals surface area contributed by atoms with Crippen LogP contribution in [0.4, 0.5) is 0 Å². The van der Waals surface area contributed by atoms with Gasteiger partial charge in [-0.2, -0.15) is 0 Å². The maximum atomic E-state index is 11.7. The largest absolute Gasteiger partial charge is 0.484 e. The van der Waals surface area contributed by atoms with Crippen molar-refractivity contribution in [2.45, 2.75) is 32.6 Å². The van der Waals surface area contributed by atoms with Crippen LogP contribution in [0.3, 0.4) is 0 Å². The van der Waals surface area contributed by atoms with Crippen LogP contribution in [0.25, 0.3) is 11.0 Å². The standard InChI is InChI=1S/C17H21NO4/c1-2-3-4-5-10-18-16(19)12-21-14-8-6-13-7-9-17(20)22-15(13)11-14/h6-9,11H,2-5,10,12H2,1H3,(H,18,19). The molecular formula is C17H21NO4. The van der Waals surface area contributed by atoms with Crippen molar-refractivity contribution >= 4 is 16.9 Å². The topological polar surface area (TPSA) is 68.5 Å². The molecule has 1 N–H and O–H groups in total. The molecule has 5 heteroatoms. The van der Waals surface area contributed by atoms with E-state index < -0.39 is 5.63 Å². The van der Waals surface area contributed by atoms with E-state index in [4.69, 9.17) is 9.15 Å². The van der Waals surface area contributed by atoms with Gasteiger partial charge in [-0.25, -0.2) is 4.79 Å². The summed E-state index contributed by atoms with van der Waals surface area (Å²) in [6, 6.07) is 8.21. The summed E-state index contributed by atoms with van der Waals surface area (Å²) < 4.78 is 10.5. The third-order valence-corrected chi connectivity index (χ3v) is 3.32. The van der Waals surface area contributed by atoms with Gasteiger partial charge in [-0.15, -0.1) is 0 Å². The third-order valence-electron chi connectivity index (χ3n) is 3.32. The highest BCUT2D eigenvalue weighted by Gasteiger charge is 2.04. The SMILES string of the molecule is CCCCCCNC(=O)COc1ccc2ccc(=O)oc2c1. The Labute approximate surface area is 129 Å². The van der Waals surface area contributed by atoms with E-state index in [0.717, 1.165) is 18.2 Å². The lowest BCUT2D eigenvalue weighted by Gasteiger charge is -2.08. The molecule has 5 nitrogen and oxygen atoms in total. The van der Waals surface area contributed by atoms with Gasteiger partial charge in [0.05, 0.1) is 0 Å². The first-order valence-corrected chi connectivity index (χ1v) is 7.62. The van der Waals surface area contributed by atoms with E-state index in [2.05, 4.69) is 12.2 Å². The van der Waals surface area contributed by atoms with Crippen molar-refractivity contribution < 1.29 is 13.9 Å². The monoisotopic (exact) mass is 303 g/mol. The van der Waals surface area contributed by atoms with Crippen LogP contribution < -0.4 is 15.7 Å². The highest BCUT2D eigenvalue weighted by Crippen LogP contribution is 2.19. The number of nitrogens with one attached hydrogen (secondary N) is 1. The van der Waals surface area contributed by atoms with Gasteiger partial charge < -0.3 is 14.5 Å². The first-order chi connectivity index (χ1) is 10.7. The molecule has 0 aliphatic heterocycles. The van der Waals surface area contributed by atoms with Gasteiger partial charge in [0.15, 0.2) is 6.61 Å². The van der Waals surface area contributed by atoms with Gasteiger partial charge in [0.1, 0.15) is 11.3 Å². The molecule has 1 heterocycles. The number of carbonyl (C=O) groups is 1. The second kappa shape index (κ2) is 8.22. The molecule has 2 rings (SSSR count). The molecule has 0 bridgehead atoms. The van der Waals surface area contributed by atoms with Crippen molar-refractivity contribution in [3.63, 3.8) is 0 Å². The minimum Gasteiger partial charge on any atom is -0.484 e. The lowest BCUT2D eigenvalue weighted by atomic mass is 10.2. The zero-order valence-electron chi connectivity index (χ0n) is 12.8. The number of amides is 1. The Morgan fingerprint density at radius 1 is 1.18 bits per heavy atom. The molecule has 0 unspecified atom stereocenters. The lowest BCUT2D eigenvalue weighted by Crippen LogP contribution is -2.29. The number of carbonyl (C=O) groups excluding carboxylic acids is 1. The van der Waals surface area contributed by atoms with Gasteiger partial charge in [0, 0.05) is 24.1 Å². The maximum absolute atomic E-state index is 11.7. The van der Waals surface area contributed by atoms with E-state index in [1.807, 2.05) is 0 Å². The summed E-state index contributed by atoms with van der Waals surface area (Å²) in [6.07, 6.45) is 4.48. The van der Waals surface area contributed by atoms with Crippen LogP contribution in [0.5, 0.6) is 5.75 Å². The van der Waals surface area contributed by atoms with Crippen molar-refractivity contribution in [1.82, 2.24) is 5.32 Å². The minimum absolute atomic E-state index is 0.0453. The summed E-state index contributed by atoms with van der Waals surface area (Å²) >= 11 is 0. The number of hydrogen-bond donors (Lipinski definition) is 1. The Morgan fingerprint density at radius 2 is 2.00 bits per heavy atom. The number of hydrogen-bond acceptors (Lipinski definition) is 4. The molecule has 1 amide bonds. The van der Waals surface area contributed by atoms with Crippen LogP contribution in [0, 0.1) is 0 Å². The van der Waals surface area contributed by atoms with Crippen LogP contribution >= 0.6 is 0 Å². The summed E-state index contributed by atoms with van der Waals surface area (Å²) in [5.74, 6) is 0.356. The molecule has 0 saturated heterocycles. The van der Waals surface area contributed by atoms with Crippen LogP contribution in [0.2, 0.25) is 0 Å². The van der Waals surface area contributed by atoms with E-state index in [-0.39, 0.29) is 12.5 Å². The zero-order valence-corrected chi connectivity index (χ0v) is 12.8. The molecule has 118 valence electrons. The molecule has 0 spiro atoms. The van der Waals surface area contributed by atoms with Crippen molar-refractivity contribution in [2.24, 2.45) is 0 Å². The number of unbranched alkanes of at least 4 members (excludes halogenated alkanes) is 3. The Bertz CT molecular complexity index is 678. The van der Waals surface area contributed by atoms with Crippen LogP contribution in [-0.2, 0) is 4.79 Å². The van der Waals surface area contributed by atoms with Crippen LogP contribution in [-0.4, -0.2) is 19.1 Å². The fraction of sp³-hybridized carbons (Fsp3) is 0.412. The average Bonchev–Trinajstić information content (AvgIpc) is 2.52. The average molecular weight is 303 g/mol. The van der Waals surface area contributed by atoms with Gasteiger partial charge in [-0.3, -0.25) is 4.79 Å². The number of benzene rings is 1. The second-order valence-electron chi connectivity index (χ2n) is 5.15. The number of ether oxygens (including phenoxy) is 1. The maximum Gasteiger partial charge on any atom is 0.336 e. The Morgan fingerprint density at radius 3 is 2.82 bits per heavy atom. The summed E-state index contributed by atoms with van der Waals surface area (Å²) in [4.78, 5) is 22.8. The summed E-state index contributed by atoms with van der Waals surface area (Å²) in [6.45, 7) is 2.78. The predicted molar refractivity (Wildman–Crippen MR) is 85.1 cm³/mol. The molecule has 2 aromatic rings. The van der Waals surface area contributed by atoms with Gasteiger partial charge in [-0.05, 0) is 24.6 Å². The normalized spacial score (nSPS) is 10.6. The van der Waals surface area contributed by atoms with E-state index >= 15 is 0 Å². The van der Waals surface area contributed by atoms with Crippen molar-refractivity contribution in [2.75, 3.05) is 13.2 Å². The molecule has 0 atom stereocenters. The molecule has 0 saturated carbocycles. The fourth-order valence-corrected chi connectivity index (χ4v) is 2.11. The smallest absolute Gasteiger partial charge is 0.336 e. The van der Waals surface area contributed by atoms with E-state index in [1.54, 1.807) is 24.3 Å². The molecule has 1 aromatic heterocycles. The molecule has 0 aliphatic rings. The van der Waals surface area contributed by atoms with Gasteiger partial charge in [0.25, 0.3) is 5.91 Å². The second-order valence-corrected chi connectivity index (χ2v) is 5.15. The highest BCUT2D eigenvalue weighted by atomic mass is 16.5. The number of rotatable bonds is 8. The van der Waals surface area contributed by atoms with Crippen LogP contribution in [0.15, 0.2) is 39.5 Å². The van der Waals surface area contributed by atoms with E-state index in [9.17, 15) is 9.59 Å². The Balaban J connectivity index is 1.81. The fourth-order valence-electron chi connectivity index (χ4n) is 2.11. The number of fused-ring (bicyclic) bond motifs is 1. The minimum atomic E-state index is -0.408. The first kappa shape index (κ1) is 16.1. The molecule has 0 fully saturated rings. The van der Waals surface area contributed by atoms with E-state index in [0.29, 0.717) is 17.9 Å². The predicted octanol–water partition coefficient (Wildman–Crippen LogP) is 2.87. The molecular weight excluding hydrogens is 282 g/mol. The summed E-state index contributed by atoms with van der Waals surface area (Å²) in [5.41, 5.74) is 0.0412. The third kappa shape index (κ3) is 4.91. The Kier molecular flexibility index (Phi) is 6.01. The molecule has 0 radical (unpaired) electrons. The van der Waals surface area contributed by atoms with Crippen molar-refractivity contribution in [3.8, 4) is 5.75 Å². The van der Waals surface area contributed by atoms with Crippen LogP contribution in [0.1, 0.15) is 32.6 Å². The van der Waals surface area contributed by atoms with Gasteiger partial charge in [0.2, 0.25) is 0 Å². The lowest BCUT2D eigenvalue weighted by molar-refractivity contribution is -0.123. The Hall–Kier alpha value is -2.30. The highest BCUT2D eigenvalue weighted by molar-refractivity contribution is 5.79. The van der Waals surface area contributed by atoms with E-state index in [1.165, 1.54) is 18.9 Å². The van der Waals surface area contributed by atoms with Gasteiger partial charge >= 0.3 is 5.63 Å². The van der Waals surface area contributed by atoms with Crippen molar-refractivity contribution in [3.05, 3.63) is 40.8 Å². The van der Waals surface area contributed by atoms with Gasteiger partial charge in [-0.1, -0.05) is 26.2 Å².